The minimum atomic E-state index is -0.435. The molecule has 0 unspecified atom stereocenters. The van der Waals surface area contributed by atoms with E-state index in [1.165, 1.54) is 12.1 Å². The Balaban J connectivity index is 2.12. The summed E-state index contributed by atoms with van der Waals surface area (Å²) in [7, 11) is 0. The summed E-state index contributed by atoms with van der Waals surface area (Å²) in [6, 6.07) is 9.81. The van der Waals surface area contributed by atoms with E-state index in [1.54, 1.807) is 30.5 Å². The Morgan fingerprint density at radius 3 is 2.55 bits per heavy atom. The van der Waals surface area contributed by atoms with Crippen molar-refractivity contribution < 1.29 is 14.4 Å². The van der Waals surface area contributed by atoms with Gasteiger partial charge in [-0.1, -0.05) is 0 Å². The zero-order valence-corrected chi connectivity index (χ0v) is 18.4. The number of nitro benzene ring substituents is 1. The summed E-state index contributed by atoms with van der Waals surface area (Å²) in [6.07, 6.45) is 1.62. The van der Waals surface area contributed by atoms with E-state index in [0.29, 0.717) is 29.8 Å². The maximum Gasteiger partial charge on any atom is 0.269 e. The maximum atomic E-state index is 10.7. The van der Waals surface area contributed by atoms with Crippen LogP contribution >= 0.6 is 28.1 Å². The summed E-state index contributed by atoms with van der Waals surface area (Å²) in [6.45, 7) is 5.25. The topological polar surface area (TPSA) is 98.0 Å². The van der Waals surface area contributed by atoms with Crippen molar-refractivity contribution in [1.82, 2.24) is 10.7 Å². The molecule has 0 fully saturated rings. The number of hydrazone groups is 1. The maximum absolute atomic E-state index is 10.7. The predicted octanol–water partition coefficient (Wildman–Crippen LogP) is 4.15. The molecule has 2 aromatic carbocycles. The largest absolute Gasteiger partial charge is 0.490 e. The van der Waals surface area contributed by atoms with Crippen LogP contribution in [0.15, 0.2) is 46.0 Å². The van der Waals surface area contributed by atoms with E-state index in [4.69, 9.17) is 21.7 Å². The summed E-state index contributed by atoms with van der Waals surface area (Å²) in [5.74, 6) is 1.11. The predicted molar refractivity (Wildman–Crippen MR) is 120 cm³/mol. The lowest BCUT2D eigenvalue weighted by Gasteiger charge is -2.14. The van der Waals surface area contributed by atoms with Gasteiger partial charge in [-0.15, -0.1) is 0 Å². The fourth-order valence-electron chi connectivity index (χ4n) is 2.27. The molecule has 0 saturated heterocycles. The molecule has 29 heavy (non-hydrogen) atoms. The van der Waals surface area contributed by atoms with E-state index in [-0.39, 0.29) is 12.3 Å². The molecule has 8 nitrogen and oxygen atoms in total. The zero-order chi connectivity index (χ0) is 21.2. The highest BCUT2D eigenvalue weighted by molar-refractivity contribution is 9.10. The summed E-state index contributed by atoms with van der Waals surface area (Å²) >= 11 is 8.57. The minimum absolute atomic E-state index is 0.0392. The summed E-state index contributed by atoms with van der Waals surface area (Å²) in [5, 5.41) is 18.2. The highest BCUT2D eigenvalue weighted by atomic mass is 79.9. The Bertz CT molecular complexity index is 891. The molecule has 0 spiro atoms. The van der Waals surface area contributed by atoms with Gasteiger partial charge in [-0.2, -0.15) is 5.10 Å². The molecule has 0 bridgehead atoms. The van der Waals surface area contributed by atoms with E-state index in [9.17, 15) is 10.1 Å². The number of thiocarbonyl (C=S) groups is 1. The molecule has 10 heteroatoms. The average Bonchev–Trinajstić information content (AvgIpc) is 2.69. The fraction of sp³-hybridized carbons (Fsp3) is 0.263. The first-order valence-corrected chi connectivity index (χ1v) is 10.0. The lowest BCUT2D eigenvalue weighted by atomic mass is 10.2. The average molecular weight is 481 g/mol. The van der Waals surface area contributed by atoms with Crippen molar-refractivity contribution in [2.45, 2.75) is 20.5 Å². The van der Waals surface area contributed by atoms with Crippen molar-refractivity contribution in [3.05, 3.63) is 62.1 Å². The van der Waals surface area contributed by atoms with Gasteiger partial charge in [-0.3, -0.25) is 15.5 Å². The van der Waals surface area contributed by atoms with Crippen LogP contribution in [0.5, 0.6) is 11.5 Å². The van der Waals surface area contributed by atoms with E-state index in [2.05, 4.69) is 31.8 Å². The normalized spacial score (nSPS) is 10.6. The van der Waals surface area contributed by atoms with Gasteiger partial charge in [0.15, 0.2) is 16.6 Å². The fourth-order valence-corrected chi connectivity index (χ4v) is 2.89. The van der Waals surface area contributed by atoms with Gasteiger partial charge in [-0.25, -0.2) is 0 Å². The molecule has 0 aliphatic heterocycles. The zero-order valence-electron chi connectivity index (χ0n) is 16.0. The van der Waals surface area contributed by atoms with E-state index < -0.39 is 4.92 Å². The van der Waals surface area contributed by atoms with Crippen LogP contribution in [0.25, 0.3) is 0 Å². The standard InChI is InChI=1S/C19H21BrN4O4S/c1-3-21-19(29)23-22-11-14-9-17(27-4-2)18(10-16(14)20)28-12-13-5-7-15(8-6-13)24(25)26/h5-11H,3-4,12H2,1-2H3,(H2,21,23,29)/b22-11-. The number of non-ortho nitro benzene ring substituents is 1. The molecular formula is C19H21BrN4O4S. The second kappa shape index (κ2) is 11.3. The van der Waals surface area contributed by atoms with E-state index in [0.717, 1.165) is 15.6 Å². The highest BCUT2D eigenvalue weighted by Crippen LogP contribution is 2.34. The summed E-state index contributed by atoms with van der Waals surface area (Å²) < 4.78 is 12.3. The quantitative estimate of drug-likeness (QED) is 0.240. The third-order valence-electron chi connectivity index (χ3n) is 3.61. The number of hydrogen-bond acceptors (Lipinski definition) is 6. The van der Waals surface area contributed by atoms with Crippen LogP contribution in [0.3, 0.4) is 0 Å². The second-order valence-electron chi connectivity index (χ2n) is 5.70. The molecule has 0 saturated carbocycles. The molecule has 154 valence electrons. The van der Waals surface area contributed by atoms with Crippen molar-refractivity contribution in [2.75, 3.05) is 13.2 Å². The Kier molecular flexibility index (Phi) is 8.81. The number of nitrogens with one attached hydrogen (secondary N) is 2. The number of benzene rings is 2. The number of hydrogen-bond donors (Lipinski definition) is 2. The van der Waals surface area contributed by atoms with E-state index in [1.807, 2.05) is 13.8 Å². The van der Waals surface area contributed by atoms with Crippen molar-refractivity contribution in [3.8, 4) is 11.5 Å². The van der Waals surface area contributed by atoms with Crippen molar-refractivity contribution in [1.29, 1.82) is 0 Å². The molecule has 0 aromatic heterocycles. The van der Waals surface area contributed by atoms with Gasteiger partial charge >= 0.3 is 0 Å². The lowest BCUT2D eigenvalue weighted by Crippen LogP contribution is -2.31. The van der Waals surface area contributed by atoms with Crippen molar-refractivity contribution in [2.24, 2.45) is 5.10 Å². The van der Waals surface area contributed by atoms with Gasteiger partial charge in [-0.05, 0) is 71.8 Å². The Morgan fingerprint density at radius 2 is 1.93 bits per heavy atom. The Hall–Kier alpha value is -2.72. The molecule has 0 amide bonds. The molecule has 2 N–H and O–H groups in total. The molecule has 0 aliphatic rings. The molecule has 0 atom stereocenters. The van der Waals surface area contributed by atoms with Crippen LogP contribution in [-0.2, 0) is 6.61 Å². The van der Waals surface area contributed by atoms with Crippen molar-refractivity contribution in [3.63, 3.8) is 0 Å². The summed E-state index contributed by atoms with van der Waals surface area (Å²) in [4.78, 5) is 10.3. The number of nitro groups is 1. The second-order valence-corrected chi connectivity index (χ2v) is 6.96. The monoisotopic (exact) mass is 480 g/mol. The first-order chi connectivity index (χ1) is 13.9. The van der Waals surface area contributed by atoms with Crippen LogP contribution < -0.4 is 20.2 Å². The van der Waals surface area contributed by atoms with Crippen LogP contribution in [-0.4, -0.2) is 29.4 Å². The molecule has 0 aliphatic carbocycles. The lowest BCUT2D eigenvalue weighted by molar-refractivity contribution is -0.384. The van der Waals surface area contributed by atoms with Crippen LogP contribution in [0.2, 0.25) is 0 Å². The first-order valence-electron chi connectivity index (χ1n) is 8.84. The van der Waals surface area contributed by atoms with Gasteiger partial charge in [0, 0.05) is 28.7 Å². The third kappa shape index (κ3) is 6.99. The van der Waals surface area contributed by atoms with Crippen molar-refractivity contribution >= 4 is 45.2 Å². The molecular weight excluding hydrogens is 460 g/mol. The number of halogens is 1. The third-order valence-corrected chi connectivity index (χ3v) is 4.53. The smallest absolute Gasteiger partial charge is 0.269 e. The minimum Gasteiger partial charge on any atom is -0.490 e. The van der Waals surface area contributed by atoms with Gasteiger partial charge < -0.3 is 14.8 Å². The van der Waals surface area contributed by atoms with Gasteiger partial charge in [0.1, 0.15) is 6.61 Å². The molecule has 0 radical (unpaired) electrons. The highest BCUT2D eigenvalue weighted by Gasteiger charge is 2.11. The Morgan fingerprint density at radius 1 is 1.24 bits per heavy atom. The molecule has 2 rings (SSSR count). The van der Waals surface area contributed by atoms with Gasteiger partial charge in [0.25, 0.3) is 5.69 Å². The van der Waals surface area contributed by atoms with Gasteiger partial charge in [0.05, 0.1) is 17.7 Å². The molecule has 2 aromatic rings. The van der Waals surface area contributed by atoms with E-state index >= 15 is 0 Å². The van der Waals surface area contributed by atoms with Crippen LogP contribution in [0, 0.1) is 10.1 Å². The molecule has 0 heterocycles. The van der Waals surface area contributed by atoms with Crippen LogP contribution in [0.4, 0.5) is 5.69 Å². The Labute approximate surface area is 182 Å². The SMILES string of the molecule is CCNC(=S)N/N=C\c1cc(OCC)c(OCc2ccc([N+](=O)[O-])cc2)cc1Br. The van der Waals surface area contributed by atoms with Crippen LogP contribution in [0.1, 0.15) is 25.0 Å². The number of ether oxygens (including phenoxy) is 2. The summed E-state index contributed by atoms with van der Waals surface area (Å²) in [5.41, 5.74) is 4.36. The first kappa shape index (κ1) is 22.6. The van der Waals surface area contributed by atoms with Gasteiger partial charge in [0.2, 0.25) is 0 Å². The number of nitrogens with zero attached hydrogens (tertiary/aromatic N) is 2. The number of rotatable bonds is 9.